The molecule has 5 heteroatoms. The summed E-state index contributed by atoms with van der Waals surface area (Å²) in [6.07, 6.45) is 2.33. The minimum atomic E-state index is -0.0409. The van der Waals surface area contributed by atoms with E-state index in [9.17, 15) is 0 Å². The fourth-order valence-corrected chi connectivity index (χ4v) is 2.90. The SMILES string of the molecule is CCSc1ccc(C(N)Cc2ncnn2CC(C)C)cc1. The largest absolute Gasteiger partial charge is 0.324 e. The quantitative estimate of drug-likeness (QED) is 0.798. The lowest BCUT2D eigenvalue weighted by Crippen LogP contribution is -2.18. The summed E-state index contributed by atoms with van der Waals surface area (Å²) < 4.78 is 1.96. The number of nitrogens with two attached hydrogens (primary N) is 1. The Bertz CT molecular complexity index is 548. The van der Waals surface area contributed by atoms with Crippen molar-refractivity contribution in [3.8, 4) is 0 Å². The van der Waals surface area contributed by atoms with Crippen LogP contribution in [0.1, 0.15) is 38.2 Å². The van der Waals surface area contributed by atoms with Gasteiger partial charge in [0, 0.05) is 23.9 Å². The van der Waals surface area contributed by atoms with Crippen LogP contribution in [0.5, 0.6) is 0 Å². The standard InChI is InChI=1S/C16H24N4S/c1-4-21-14-7-5-13(6-8-14)15(17)9-16-18-11-19-20(16)10-12(2)3/h5-8,11-12,15H,4,9-10,17H2,1-3H3. The zero-order valence-corrected chi connectivity index (χ0v) is 13.8. The van der Waals surface area contributed by atoms with Crippen molar-refractivity contribution in [1.29, 1.82) is 0 Å². The number of nitrogens with zero attached hydrogens (tertiary/aromatic N) is 3. The molecule has 0 aliphatic carbocycles. The molecule has 0 radical (unpaired) electrons. The Labute approximate surface area is 131 Å². The van der Waals surface area contributed by atoms with E-state index >= 15 is 0 Å². The number of hydrogen-bond acceptors (Lipinski definition) is 4. The minimum Gasteiger partial charge on any atom is -0.324 e. The van der Waals surface area contributed by atoms with E-state index < -0.39 is 0 Å². The molecule has 0 saturated carbocycles. The maximum atomic E-state index is 6.32. The van der Waals surface area contributed by atoms with Crippen LogP contribution in [0.25, 0.3) is 0 Å². The van der Waals surface area contributed by atoms with Crippen LogP contribution in [0.3, 0.4) is 0 Å². The van der Waals surface area contributed by atoms with E-state index in [1.165, 1.54) is 4.90 Å². The van der Waals surface area contributed by atoms with Gasteiger partial charge in [0.15, 0.2) is 0 Å². The molecule has 0 aliphatic rings. The van der Waals surface area contributed by atoms with Gasteiger partial charge in [0.1, 0.15) is 12.2 Å². The Morgan fingerprint density at radius 1 is 1.24 bits per heavy atom. The molecule has 1 aromatic carbocycles. The minimum absolute atomic E-state index is 0.0409. The molecule has 2 rings (SSSR count). The highest BCUT2D eigenvalue weighted by Gasteiger charge is 2.13. The lowest BCUT2D eigenvalue weighted by Gasteiger charge is -2.14. The van der Waals surface area contributed by atoms with Crippen LogP contribution in [0, 0.1) is 5.92 Å². The third kappa shape index (κ3) is 4.58. The summed E-state index contributed by atoms with van der Waals surface area (Å²) in [7, 11) is 0. The van der Waals surface area contributed by atoms with Crippen molar-refractivity contribution in [2.45, 2.75) is 44.7 Å². The smallest absolute Gasteiger partial charge is 0.138 e. The van der Waals surface area contributed by atoms with E-state index in [4.69, 9.17) is 5.73 Å². The summed E-state index contributed by atoms with van der Waals surface area (Å²) in [5.74, 6) is 2.60. The van der Waals surface area contributed by atoms with Crippen molar-refractivity contribution >= 4 is 11.8 Å². The molecule has 0 bridgehead atoms. The molecule has 2 N–H and O–H groups in total. The summed E-state index contributed by atoms with van der Waals surface area (Å²) >= 11 is 1.84. The monoisotopic (exact) mass is 304 g/mol. The molecule has 1 heterocycles. The zero-order chi connectivity index (χ0) is 15.2. The average molecular weight is 304 g/mol. The van der Waals surface area contributed by atoms with Gasteiger partial charge < -0.3 is 5.73 Å². The zero-order valence-electron chi connectivity index (χ0n) is 13.0. The van der Waals surface area contributed by atoms with Gasteiger partial charge >= 0.3 is 0 Å². The van der Waals surface area contributed by atoms with Gasteiger partial charge in [0.25, 0.3) is 0 Å². The van der Waals surface area contributed by atoms with Crippen LogP contribution in [-0.4, -0.2) is 20.5 Å². The normalized spacial score (nSPS) is 12.8. The maximum Gasteiger partial charge on any atom is 0.138 e. The molecule has 1 atom stereocenters. The second-order valence-electron chi connectivity index (χ2n) is 5.56. The molecule has 0 spiro atoms. The predicted molar refractivity (Wildman–Crippen MR) is 88.3 cm³/mol. The number of benzene rings is 1. The van der Waals surface area contributed by atoms with Crippen molar-refractivity contribution in [3.05, 3.63) is 42.0 Å². The first-order valence-electron chi connectivity index (χ1n) is 7.45. The van der Waals surface area contributed by atoms with Gasteiger partial charge in [-0.25, -0.2) is 9.67 Å². The highest BCUT2D eigenvalue weighted by atomic mass is 32.2. The molecular weight excluding hydrogens is 280 g/mol. The molecule has 1 aromatic heterocycles. The molecule has 114 valence electrons. The highest BCUT2D eigenvalue weighted by molar-refractivity contribution is 7.99. The summed E-state index contributed by atoms with van der Waals surface area (Å²) in [6, 6.07) is 8.47. The topological polar surface area (TPSA) is 56.7 Å². The van der Waals surface area contributed by atoms with Crippen LogP contribution in [-0.2, 0) is 13.0 Å². The van der Waals surface area contributed by atoms with Crippen molar-refractivity contribution in [3.63, 3.8) is 0 Å². The van der Waals surface area contributed by atoms with Crippen LogP contribution < -0.4 is 5.73 Å². The van der Waals surface area contributed by atoms with E-state index in [0.29, 0.717) is 12.3 Å². The molecule has 0 aliphatic heterocycles. The van der Waals surface area contributed by atoms with Crippen molar-refractivity contribution in [2.75, 3.05) is 5.75 Å². The average Bonchev–Trinajstić information content (AvgIpc) is 2.86. The summed E-state index contributed by atoms with van der Waals surface area (Å²) in [4.78, 5) is 5.64. The molecule has 0 saturated heterocycles. The first-order valence-corrected chi connectivity index (χ1v) is 8.43. The summed E-state index contributed by atoms with van der Waals surface area (Å²) in [6.45, 7) is 7.39. The summed E-state index contributed by atoms with van der Waals surface area (Å²) in [5, 5.41) is 4.29. The van der Waals surface area contributed by atoms with Gasteiger partial charge in [-0.1, -0.05) is 32.9 Å². The molecule has 4 nitrogen and oxygen atoms in total. The highest BCUT2D eigenvalue weighted by Crippen LogP contribution is 2.21. The Morgan fingerprint density at radius 3 is 2.57 bits per heavy atom. The van der Waals surface area contributed by atoms with Crippen LogP contribution in [0.4, 0.5) is 0 Å². The van der Waals surface area contributed by atoms with Crippen LogP contribution in [0.15, 0.2) is 35.5 Å². The molecule has 1 unspecified atom stereocenters. The second-order valence-corrected chi connectivity index (χ2v) is 6.90. The van der Waals surface area contributed by atoms with Crippen LogP contribution >= 0.6 is 11.8 Å². The molecule has 0 fully saturated rings. The lowest BCUT2D eigenvalue weighted by molar-refractivity contribution is 0.459. The van der Waals surface area contributed by atoms with Gasteiger partial charge in [0.2, 0.25) is 0 Å². The molecule has 21 heavy (non-hydrogen) atoms. The number of thioether (sulfide) groups is 1. The van der Waals surface area contributed by atoms with Gasteiger partial charge in [-0.2, -0.15) is 5.10 Å². The van der Waals surface area contributed by atoms with Gasteiger partial charge in [0.05, 0.1) is 0 Å². The number of rotatable bonds is 7. The molecule has 2 aromatic rings. The van der Waals surface area contributed by atoms with Gasteiger partial charge in [-0.3, -0.25) is 0 Å². The van der Waals surface area contributed by atoms with Crippen molar-refractivity contribution in [2.24, 2.45) is 11.7 Å². The van der Waals surface area contributed by atoms with Crippen molar-refractivity contribution in [1.82, 2.24) is 14.8 Å². The predicted octanol–water partition coefficient (Wildman–Crippen LogP) is 3.29. The maximum absolute atomic E-state index is 6.32. The Hall–Kier alpha value is -1.33. The Kier molecular flexibility index (Phi) is 5.82. The van der Waals surface area contributed by atoms with Gasteiger partial charge in [-0.05, 0) is 29.4 Å². The van der Waals surface area contributed by atoms with E-state index in [-0.39, 0.29) is 6.04 Å². The number of aromatic nitrogens is 3. The second kappa shape index (κ2) is 7.61. The number of hydrogen-bond donors (Lipinski definition) is 1. The fraction of sp³-hybridized carbons (Fsp3) is 0.500. The third-order valence-corrected chi connectivity index (χ3v) is 4.15. The molecule has 0 amide bonds. The van der Waals surface area contributed by atoms with Crippen LogP contribution in [0.2, 0.25) is 0 Å². The lowest BCUT2D eigenvalue weighted by atomic mass is 10.0. The van der Waals surface area contributed by atoms with E-state index in [1.807, 2.05) is 16.4 Å². The fourth-order valence-electron chi connectivity index (χ4n) is 2.24. The Balaban J connectivity index is 2.03. The van der Waals surface area contributed by atoms with E-state index in [0.717, 1.165) is 23.7 Å². The van der Waals surface area contributed by atoms with Gasteiger partial charge in [-0.15, -0.1) is 11.8 Å². The van der Waals surface area contributed by atoms with E-state index in [1.54, 1.807) is 6.33 Å². The van der Waals surface area contributed by atoms with Crippen molar-refractivity contribution < 1.29 is 0 Å². The molecular formula is C16H24N4S. The Morgan fingerprint density at radius 2 is 1.95 bits per heavy atom. The van der Waals surface area contributed by atoms with E-state index in [2.05, 4.69) is 55.1 Å². The first-order chi connectivity index (χ1) is 10.1. The first kappa shape index (κ1) is 16.0. The third-order valence-electron chi connectivity index (χ3n) is 3.26. The summed E-state index contributed by atoms with van der Waals surface area (Å²) in [5.41, 5.74) is 7.47.